The Morgan fingerprint density at radius 3 is 3.08 bits per heavy atom. The normalized spacial score (nSPS) is 20.3. The van der Waals surface area contributed by atoms with Crippen molar-refractivity contribution in [2.45, 2.75) is 39.3 Å². The Kier molecular flexibility index (Phi) is 7.21. The van der Waals surface area contributed by atoms with Crippen LogP contribution in [0.25, 0.3) is 0 Å². The molecule has 1 amide bonds. The van der Waals surface area contributed by atoms with Gasteiger partial charge in [0.25, 0.3) is 5.91 Å². The topological polar surface area (TPSA) is 69.7 Å². The van der Waals surface area contributed by atoms with Crippen LogP contribution in [-0.4, -0.2) is 49.5 Å². The SMILES string of the molecule is CCOc1ncccc1C(=O)N[C@H]1COCC[C@H]1OCC=C(C)C. The van der Waals surface area contributed by atoms with Gasteiger partial charge in [0, 0.05) is 12.8 Å². The minimum atomic E-state index is -0.224. The molecule has 0 saturated carbocycles. The van der Waals surface area contributed by atoms with E-state index >= 15 is 0 Å². The molecule has 24 heavy (non-hydrogen) atoms. The first-order valence-corrected chi connectivity index (χ1v) is 8.33. The number of nitrogens with zero attached hydrogens (tertiary/aromatic N) is 1. The van der Waals surface area contributed by atoms with Crippen LogP contribution in [0, 0.1) is 0 Å². The predicted molar refractivity (Wildman–Crippen MR) is 91.3 cm³/mol. The van der Waals surface area contributed by atoms with E-state index in [0.717, 1.165) is 6.42 Å². The molecule has 1 N–H and O–H groups in total. The van der Waals surface area contributed by atoms with Crippen LogP contribution in [0.4, 0.5) is 0 Å². The summed E-state index contributed by atoms with van der Waals surface area (Å²) in [5, 5.41) is 2.99. The summed E-state index contributed by atoms with van der Waals surface area (Å²) in [5.74, 6) is 0.120. The Balaban J connectivity index is 2.01. The molecule has 2 atom stereocenters. The highest BCUT2D eigenvalue weighted by molar-refractivity contribution is 5.96. The van der Waals surface area contributed by atoms with E-state index in [9.17, 15) is 4.79 Å². The van der Waals surface area contributed by atoms with Crippen molar-refractivity contribution in [1.29, 1.82) is 0 Å². The van der Waals surface area contributed by atoms with E-state index in [1.54, 1.807) is 18.3 Å². The summed E-state index contributed by atoms with van der Waals surface area (Å²) in [6.07, 6.45) is 4.33. The zero-order chi connectivity index (χ0) is 17.4. The number of aromatic nitrogens is 1. The van der Waals surface area contributed by atoms with Crippen molar-refractivity contribution in [3.63, 3.8) is 0 Å². The first-order chi connectivity index (χ1) is 11.6. The predicted octanol–water partition coefficient (Wildman–Crippen LogP) is 2.35. The van der Waals surface area contributed by atoms with Crippen molar-refractivity contribution in [2.24, 2.45) is 0 Å². The summed E-state index contributed by atoms with van der Waals surface area (Å²) < 4.78 is 16.8. The van der Waals surface area contributed by atoms with Crippen LogP contribution in [0.1, 0.15) is 37.6 Å². The fourth-order valence-electron chi connectivity index (χ4n) is 2.45. The van der Waals surface area contributed by atoms with E-state index in [2.05, 4.69) is 10.3 Å². The zero-order valence-corrected chi connectivity index (χ0v) is 14.6. The third kappa shape index (κ3) is 5.32. The number of hydrogen-bond donors (Lipinski definition) is 1. The van der Waals surface area contributed by atoms with Gasteiger partial charge in [-0.15, -0.1) is 0 Å². The number of carbonyl (C=O) groups is 1. The van der Waals surface area contributed by atoms with Crippen molar-refractivity contribution >= 4 is 5.91 Å². The minimum absolute atomic E-state index is 0.0643. The largest absolute Gasteiger partial charge is 0.477 e. The van der Waals surface area contributed by atoms with E-state index in [1.807, 2.05) is 26.8 Å². The molecule has 0 aromatic carbocycles. The summed E-state index contributed by atoms with van der Waals surface area (Å²) in [6, 6.07) is 3.24. The second kappa shape index (κ2) is 9.39. The quantitative estimate of drug-likeness (QED) is 0.775. The number of rotatable bonds is 7. The number of amides is 1. The molecule has 0 unspecified atom stereocenters. The van der Waals surface area contributed by atoms with Crippen molar-refractivity contribution < 1.29 is 19.0 Å². The van der Waals surface area contributed by atoms with Gasteiger partial charge in [-0.25, -0.2) is 4.98 Å². The van der Waals surface area contributed by atoms with Gasteiger partial charge in [0.1, 0.15) is 5.56 Å². The van der Waals surface area contributed by atoms with Gasteiger partial charge in [-0.1, -0.05) is 11.6 Å². The second-order valence-corrected chi connectivity index (χ2v) is 5.89. The van der Waals surface area contributed by atoms with E-state index in [-0.39, 0.29) is 18.1 Å². The van der Waals surface area contributed by atoms with Gasteiger partial charge in [-0.3, -0.25) is 4.79 Å². The molecule has 0 spiro atoms. The summed E-state index contributed by atoms with van der Waals surface area (Å²) in [5.41, 5.74) is 1.63. The highest BCUT2D eigenvalue weighted by atomic mass is 16.5. The van der Waals surface area contributed by atoms with Crippen LogP contribution in [-0.2, 0) is 9.47 Å². The molecule has 132 valence electrons. The van der Waals surface area contributed by atoms with Gasteiger partial charge in [0.15, 0.2) is 0 Å². The van der Waals surface area contributed by atoms with Crippen molar-refractivity contribution in [3.8, 4) is 5.88 Å². The molecule has 1 aliphatic rings. The van der Waals surface area contributed by atoms with Crippen LogP contribution < -0.4 is 10.1 Å². The van der Waals surface area contributed by atoms with Gasteiger partial charge in [0.2, 0.25) is 5.88 Å². The molecule has 1 aromatic rings. The smallest absolute Gasteiger partial charge is 0.257 e. The fourth-order valence-corrected chi connectivity index (χ4v) is 2.45. The van der Waals surface area contributed by atoms with Crippen LogP contribution in [0.3, 0.4) is 0 Å². The zero-order valence-electron chi connectivity index (χ0n) is 14.6. The van der Waals surface area contributed by atoms with Gasteiger partial charge in [-0.05, 0) is 39.3 Å². The third-order valence-electron chi connectivity index (χ3n) is 3.71. The second-order valence-electron chi connectivity index (χ2n) is 5.89. The van der Waals surface area contributed by atoms with E-state index in [0.29, 0.717) is 37.9 Å². The lowest BCUT2D eigenvalue weighted by molar-refractivity contribution is -0.0457. The van der Waals surface area contributed by atoms with Crippen molar-refractivity contribution in [1.82, 2.24) is 10.3 Å². The van der Waals surface area contributed by atoms with Crippen LogP contribution in [0.15, 0.2) is 30.0 Å². The Bertz CT molecular complexity index is 570. The highest BCUT2D eigenvalue weighted by Gasteiger charge is 2.29. The van der Waals surface area contributed by atoms with E-state index in [4.69, 9.17) is 14.2 Å². The molecule has 1 fully saturated rings. The first-order valence-electron chi connectivity index (χ1n) is 8.33. The molecular weight excluding hydrogens is 308 g/mol. The minimum Gasteiger partial charge on any atom is -0.477 e. The maximum Gasteiger partial charge on any atom is 0.257 e. The Hall–Kier alpha value is -1.92. The molecule has 1 saturated heterocycles. The Morgan fingerprint density at radius 1 is 1.50 bits per heavy atom. The van der Waals surface area contributed by atoms with E-state index in [1.165, 1.54) is 5.57 Å². The molecule has 0 radical (unpaired) electrons. The molecule has 1 aromatic heterocycles. The third-order valence-corrected chi connectivity index (χ3v) is 3.71. The number of nitrogens with one attached hydrogen (secondary N) is 1. The van der Waals surface area contributed by atoms with E-state index < -0.39 is 0 Å². The van der Waals surface area contributed by atoms with Gasteiger partial charge < -0.3 is 19.5 Å². The monoisotopic (exact) mass is 334 g/mol. The molecular formula is C18H26N2O4. The summed E-state index contributed by atoms with van der Waals surface area (Å²) in [6.45, 7) is 8.00. The average Bonchev–Trinajstić information content (AvgIpc) is 2.57. The summed E-state index contributed by atoms with van der Waals surface area (Å²) >= 11 is 0. The molecule has 6 nitrogen and oxygen atoms in total. The first kappa shape index (κ1) is 18.4. The lowest BCUT2D eigenvalue weighted by Crippen LogP contribution is -2.50. The maximum absolute atomic E-state index is 12.6. The lowest BCUT2D eigenvalue weighted by Gasteiger charge is -2.32. The highest BCUT2D eigenvalue weighted by Crippen LogP contribution is 2.17. The van der Waals surface area contributed by atoms with Crippen molar-refractivity contribution in [2.75, 3.05) is 26.4 Å². The summed E-state index contributed by atoms with van der Waals surface area (Å²) in [4.78, 5) is 16.7. The number of ether oxygens (including phenoxy) is 3. The summed E-state index contributed by atoms with van der Waals surface area (Å²) in [7, 11) is 0. The molecule has 0 aliphatic carbocycles. The lowest BCUT2D eigenvalue weighted by atomic mass is 10.1. The number of allylic oxidation sites excluding steroid dienone is 1. The molecule has 2 heterocycles. The number of hydrogen-bond acceptors (Lipinski definition) is 5. The van der Waals surface area contributed by atoms with Crippen LogP contribution >= 0.6 is 0 Å². The fraction of sp³-hybridized carbons (Fsp3) is 0.556. The van der Waals surface area contributed by atoms with Crippen LogP contribution in [0.2, 0.25) is 0 Å². The molecule has 2 rings (SSSR count). The van der Waals surface area contributed by atoms with Gasteiger partial charge in [-0.2, -0.15) is 0 Å². The standard InChI is InChI=1S/C18H26N2O4/c1-4-23-18-14(6-5-9-19-18)17(21)20-15-12-22-10-8-16(15)24-11-7-13(2)3/h5-7,9,15-16H,4,8,10-12H2,1-3H3,(H,20,21)/t15-,16+/m0/s1. The number of carbonyl (C=O) groups excluding carboxylic acids is 1. The maximum atomic E-state index is 12.6. The molecule has 1 aliphatic heterocycles. The molecule has 6 heteroatoms. The van der Waals surface area contributed by atoms with Gasteiger partial charge in [0.05, 0.1) is 32.0 Å². The average molecular weight is 334 g/mol. The molecule has 0 bridgehead atoms. The van der Waals surface area contributed by atoms with Gasteiger partial charge >= 0.3 is 0 Å². The Labute approximate surface area is 143 Å². The van der Waals surface area contributed by atoms with Crippen LogP contribution in [0.5, 0.6) is 5.88 Å². The Morgan fingerprint density at radius 2 is 2.33 bits per heavy atom. The van der Waals surface area contributed by atoms with Crippen molar-refractivity contribution in [3.05, 3.63) is 35.5 Å². The number of pyridine rings is 1.